The Bertz CT molecular complexity index is 554. The van der Waals surface area contributed by atoms with Crippen molar-refractivity contribution in [3.63, 3.8) is 0 Å². The minimum atomic E-state index is -2.92. The number of thioether (sulfide) groups is 1. The molecule has 26 heavy (non-hydrogen) atoms. The molecule has 2 fully saturated rings. The maximum Gasteiger partial charge on any atom is 0.191 e. The number of nitrogens with one attached hydrogen (secondary N) is 2. The molecule has 1 unspecified atom stereocenters. The monoisotopic (exact) mass is 404 g/mol. The summed E-state index contributed by atoms with van der Waals surface area (Å²) in [5, 5.41) is 6.90. The van der Waals surface area contributed by atoms with E-state index in [-0.39, 0.29) is 17.3 Å². The van der Waals surface area contributed by atoms with Crippen LogP contribution in [0.4, 0.5) is 0 Å². The fourth-order valence-corrected chi connectivity index (χ4v) is 5.68. The number of nitrogens with zero attached hydrogens (tertiary/aromatic N) is 2. The van der Waals surface area contributed by atoms with E-state index in [1.165, 1.54) is 63.0 Å². The van der Waals surface area contributed by atoms with Gasteiger partial charge in [0.05, 0.1) is 5.75 Å². The van der Waals surface area contributed by atoms with Crippen LogP contribution in [-0.4, -0.2) is 81.1 Å². The van der Waals surface area contributed by atoms with Crippen molar-refractivity contribution >= 4 is 27.6 Å². The second-order valence-electron chi connectivity index (χ2n) is 7.77. The molecule has 1 atom stereocenters. The lowest BCUT2D eigenvalue weighted by Gasteiger charge is -2.48. The topological polar surface area (TPSA) is 73.8 Å². The van der Waals surface area contributed by atoms with Gasteiger partial charge in [0.25, 0.3) is 0 Å². The zero-order valence-corrected chi connectivity index (χ0v) is 18.2. The highest BCUT2D eigenvalue weighted by Crippen LogP contribution is 2.34. The van der Waals surface area contributed by atoms with Crippen molar-refractivity contribution in [2.45, 2.75) is 57.0 Å². The zero-order valence-electron chi connectivity index (χ0n) is 16.6. The zero-order chi connectivity index (χ0) is 19.0. The summed E-state index contributed by atoms with van der Waals surface area (Å²) in [5.74, 6) is 3.45. The van der Waals surface area contributed by atoms with Gasteiger partial charge in [0, 0.05) is 56.0 Å². The van der Waals surface area contributed by atoms with Crippen molar-refractivity contribution in [1.29, 1.82) is 0 Å². The highest BCUT2D eigenvalue weighted by Gasteiger charge is 2.38. The first-order valence-electron chi connectivity index (χ1n) is 9.82. The van der Waals surface area contributed by atoms with E-state index in [0.717, 1.165) is 12.5 Å². The molecule has 2 aliphatic rings. The third-order valence-electron chi connectivity index (χ3n) is 5.58. The molecule has 0 aromatic heterocycles. The maximum atomic E-state index is 11.4. The highest BCUT2D eigenvalue weighted by molar-refractivity contribution is 7.99. The number of hydrogen-bond acceptors (Lipinski definition) is 5. The molecule has 0 aromatic carbocycles. The molecule has 2 rings (SSSR count). The molecular formula is C18H36N4O2S2. The summed E-state index contributed by atoms with van der Waals surface area (Å²) >= 11 is 2.06. The first kappa shape index (κ1) is 21.8. The third-order valence-corrected chi connectivity index (χ3v) is 7.50. The number of sulfone groups is 1. The summed E-state index contributed by atoms with van der Waals surface area (Å²) in [6, 6.07) is 0.0737. The van der Waals surface area contributed by atoms with Gasteiger partial charge >= 0.3 is 0 Å². The molecule has 1 heterocycles. The van der Waals surface area contributed by atoms with Crippen molar-refractivity contribution in [1.82, 2.24) is 15.5 Å². The molecule has 0 aromatic rings. The van der Waals surface area contributed by atoms with E-state index in [2.05, 4.69) is 32.3 Å². The van der Waals surface area contributed by atoms with E-state index in [0.29, 0.717) is 6.42 Å². The Morgan fingerprint density at radius 1 is 1.23 bits per heavy atom. The largest absolute Gasteiger partial charge is 0.355 e. The first-order valence-corrected chi connectivity index (χ1v) is 13.0. The Morgan fingerprint density at radius 3 is 2.46 bits per heavy atom. The summed E-state index contributed by atoms with van der Waals surface area (Å²) in [4.78, 5) is 7.06. The van der Waals surface area contributed by atoms with Gasteiger partial charge in [-0.3, -0.25) is 9.89 Å². The van der Waals surface area contributed by atoms with E-state index in [1.807, 2.05) is 6.92 Å². The maximum absolute atomic E-state index is 11.4. The van der Waals surface area contributed by atoms with Gasteiger partial charge in [-0.05, 0) is 26.2 Å². The van der Waals surface area contributed by atoms with Crippen molar-refractivity contribution < 1.29 is 8.42 Å². The van der Waals surface area contributed by atoms with E-state index in [9.17, 15) is 8.42 Å². The molecule has 6 nitrogen and oxygen atoms in total. The average Bonchev–Trinajstić information content (AvgIpc) is 2.64. The number of hydrogen-bond donors (Lipinski definition) is 2. The Hall–Kier alpha value is -0.470. The molecule has 1 saturated carbocycles. The van der Waals surface area contributed by atoms with Gasteiger partial charge in [0.15, 0.2) is 5.96 Å². The van der Waals surface area contributed by atoms with Gasteiger partial charge in [-0.15, -0.1) is 0 Å². The lowest BCUT2D eigenvalue weighted by molar-refractivity contribution is 0.0625. The fourth-order valence-electron chi connectivity index (χ4n) is 3.99. The Morgan fingerprint density at radius 2 is 1.88 bits per heavy atom. The number of guanidine groups is 1. The SMILES string of the molecule is CN=C(NCC1(N2CCSCC2)CCCCC1)NC(C)CCS(C)(=O)=O. The lowest BCUT2D eigenvalue weighted by Crippen LogP contribution is -2.60. The van der Waals surface area contributed by atoms with Gasteiger partial charge in [0.2, 0.25) is 0 Å². The molecular weight excluding hydrogens is 368 g/mol. The van der Waals surface area contributed by atoms with Crippen molar-refractivity contribution in [2.75, 3.05) is 50.2 Å². The first-order chi connectivity index (χ1) is 12.3. The Labute approximate surface area is 163 Å². The van der Waals surface area contributed by atoms with E-state index in [1.54, 1.807) is 7.05 Å². The van der Waals surface area contributed by atoms with Crippen molar-refractivity contribution in [3.05, 3.63) is 0 Å². The van der Waals surface area contributed by atoms with Crippen LogP contribution >= 0.6 is 11.8 Å². The van der Waals surface area contributed by atoms with Gasteiger partial charge in [0.1, 0.15) is 9.84 Å². The number of rotatable bonds is 7. The second kappa shape index (κ2) is 10.2. The predicted molar refractivity (Wildman–Crippen MR) is 113 cm³/mol. The minimum absolute atomic E-state index is 0.0737. The van der Waals surface area contributed by atoms with Gasteiger partial charge in [-0.25, -0.2) is 8.42 Å². The van der Waals surface area contributed by atoms with Gasteiger partial charge in [-0.2, -0.15) is 11.8 Å². The second-order valence-corrected chi connectivity index (χ2v) is 11.3. The molecule has 1 aliphatic heterocycles. The summed E-state index contributed by atoms with van der Waals surface area (Å²) in [6.07, 6.45) is 8.35. The Kier molecular flexibility index (Phi) is 8.54. The standard InChI is InChI=1S/C18H36N4O2S2/c1-16(7-14-26(3,23)24)21-17(19-2)20-15-18(8-5-4-6-9-18)22-10-12-25-13-11-22/h16H,4-15H2,1-3H3,(H2,19,20,21). The summed E-state index contributed by atoms with van der Waals surface area (Å²) in [6.45, 7) is 5.29. The van der Waals surface area contributed by atoms with Crippen LogP contribution in [0.1, 0.15) is 45.4 Å². The average molecular weight is 405 g/mol. The van der Waals surface area contributed by atoms with Crippen LogP contribution in [0.3, 0.4) is 0 Å². The van der Waals surface area contributed by atoms with E-state index in [4.69, 9.17) is 0 Å². The summed E-state index contributed by atoms with van der Waals surface area (Å²) < 4.78 is 22.7. The van der Waals surface area contributed by atoms with Crippen LogP contribution in [0.5, 0.6) is 0 Å². The van der Waals surface area contributed by atoms with Crippen LogP contribution in [0, 0.1) is 0 Å². The molecule has 0 radical (unpaired) electrons. The normalized spacial score (nSPS) is 23.4. The van der Waals surface area contributed by atoms with Crippen LogP contribution in [0.15, 0.2) is 4.99 Å². The molecule has 1 aliphatic carbocycles. The van der Waals surface area contributed by atoms with Crippen LogP contribution in [-0.2, 0) is 9.84 Å². The molecule has 0 bridgehead atoms. The number of aliphatic imine (C=N–C) groups is 1. The van der Waals surface area contributed by atoms with Crippen molar-refractivity contribution in [3.8, 4) is 0 Å². The summed E-state index contributed by atoms with van der Waals surface area (Å²) in [7, 11) is -1.14. The van der Waals surface area contributed by atoms with E-state index >= 15 is 0 Å². The van der Waals surface area contributed by atoms with Gasteiger partial charge in [-0.1, -0.05) is 19.3 Å². The van der Waals surface area contributed by atoms with E-state index < -0.39 is 9.84 Å². The molecule has 152 valence electrons. The van der Waals surface area contributed by atoms with Crippen molar-refractivity contribution in [2.24, 2.45) is 4.99 Å². The van der Waals surface area contributed by atoms with Crippen LogP contribution in [0.2, 0.25) is 0 Å². The molecule has 8 heteroatoms. The predicted octanol–water partition coefficient (Wildman–Crippen LogP) is 1.73. The van der Waals surface area contributed by atoms with Gasteiger partial charge < -0.3 is 10.6 Å². The Balaban J connectivity index is 1.91. The lowest BCUT2D eigenvalue weighted by atomic mass is 9.80. The minimum Gasteiger partial charge on any atom is -0.355 e. The fraction of sp³-hybridized carbons (Fsp3) is 0.944. The molecule has 0 amide bonds. The third kappa shape index (κ3) is 6.93. The molecule has 0 spiro atoms. The smallest absolute Gasteiger partial charge is 0.191 e. The molecule has 2 N–H and O–H groups in total. The van der Waals surface area contributed by atoms with Crippen LogP contribution in [0.25, 0.3) is 0 Å². The highest BCUT2D eigenvalue weighted by atomic mass is 32.2. The quantitative estimate of drug-likeness (QED) is 0.497. The molecule has 1 saturated heterocycles. The van der Waals surface area contributed by atoms with Crippen LogP contribution < -0.4 is 10.6 Å². The summed E-state index contributed by atoms with van der Waals surface area (Å²) in [5.41, 5.74) is 0.243.